The quantitative estimate of drug-likeness (QED) is 0.901. The fourth-order valence-electron chi connectivity index (χ4n) is 1.39. The van der Waals surface area contributed by atoms with Crippen LogP contribution in [0.4, 0.5) is 0 Å². The van der Waals surface area contributed by atoms with E-state index in [0.29, 0.717) is 18.3 Å². The predicted octanol–water partition coefficient (Wildman–Crippen LogP) is 3.55. The Labute approximate surface area is 105 Å². The average Bonchev–Trinajstić information content (AvgIpc) is 2.77. The van der Waals surface area contributed by atoms with Crippen molar-refractivity contribution in [2.24, 2.45) is 0 Å². The maximum atomic E-state index is 9.54. The van der Waals surface area contributed by atoms with Crippen molar-refractivity contribution < 1.29 is 9.84 Å². The van der Waals surface area contributed by atoms with Crippen LogP contribution in [-0.2, 0) is 6.61 Å². The lowest BCUT2D eigenvalue weighted by Gasteiger charge is -2.05. The molecule has 1 N–H and O–H groups in total. The van der Waals surface area contributed by atoms with Crippen LogP contribution in [0.3, 0.4) is 0 Å². The third-order valence-electron chi connectivity index (χ3n) is 2.30. The smallest absolute Gasteiger partial charge is 0.161 e. The maximum Gasteiger partial charge on any atom is 0.161 e. The second-order valence-electron chi connectivity index (χ2n) is 4.09. The standard InChI is InChI=1S/C13H15NO2S/c1-9(2)13-14-10(8-17-13)7-16-12-6-4-3-5-11(12)15/h3-6,8-9,15H,7H2,1-2H3. The van der Waals surface area contributed by atoms with E-state index in [0.717, 1.165) is 10.7 Å². The van der Waals surface area contributed by atoms with E-state index in [4.69, 9.17) is 4.74 Å². The minimum atomic E-state index is 0.159. The van der Waals surface area contributed by atoms with E-state index < -0.39 is 0 Å². The number of phenols is 1. The first-order valence-electron chi connectivity index (χ1n) is 5.52. The Morgan fingerprint density at radius 2 is 2.12 bits per heavy atom. The number of hydrogen-bond donors (Lipinski definition) is 1. The summed E-state index contributed by atoms with van der Waals surface area (Å²) in [6.07, 6.45) is 0. The van der Waals surface area contributed by atoms with Crippen LogP contribution < -0.4 is 4.74 Å². The van der Waals surface area contributed by atoms with Gasteiger partial charge in [0.1, 0.15) is 6.61 Å². The lowest BCUT2D eigenvalue weighted by molar-refractivity contribution is 0.285. The van der Waals surface area contributed by atoms with Crippen LogP contribution in [0.25, 0.3) is 0 Å². The highest BCUT2D eigenvalue weighted by molar-refractivity contribution is 7.09. The van der Waals surface area contributed by atoms with Gasteiger partial charge in [-0.15, -0.1) is 11.3 Å². The lowest BCUT2D eigenvalue weighted by Crippen LogP contribution is -1.96. The molecule has 3 nitrogen and oxygen atoms in total. The number of aromatic hydroxyl groups is 1. The lowest BCUT2D eigenvalue weighted by atomic mass is 10.2. The fraction of sp³-hybridized carbons (Fsp3) is 0.308. The number of phenolic OH excluding ortho intramolecular Hbond substituents is 1. The first kappa shape index (κ1) is 11.9. The second kappa shape index (κ2) is 5.19. The molecule has 0 spiro atoms. The Morgan fingerprint density at radius 3 is 2.76 bits per heavy atom. The molecule has 1 aromatic carbocycles. The zero-order chi connectivity index (χ0) is 12.3. The molecule has 0 radical (unpaired) electrons. The summed E-state index contributed by atoms with van der Waals surface area (Å²) in [4.78, 5) is 4.47. The van der Waals surface area contributed by atoms with Gasteiger partial charge in [-0.05, 0) is 12.1 Å². The molecule has 0 saturated carbocycles. The molecule has 0 fully saturated rings. The van der Waals surface area contributed by atoms with Crippen LogP contribution in [0.1, 0.15) is 30.5 Å². The largest absolute Gasteiger partial charge is 0.504 e. The summed E-state index contributed by atoms with van der Waals surface area (Å²) >= 11 is 1.64. The van der Waals surface area contributed by atoms with Crippen molar-refractivity contribution in [1.82, 2.24) is 4.98 Å². The third kappa shape index (κ3) is 2.97. The summed E-state index contributed by atoms with van der Waals surface area (Å²) in [6.45, 7) is 4.62. The van der Waals surface area contributed by atoms with Crippen LogP contribution >= 0.6 is 11.3 Å². The van der Waals surface area contributed by atoms with Crippen LogP contribution in [0.15, 0.2) is 29.6 Å². The molecular formula is C13H15NO2S. The predicted molar refractivity (Wildman–Crippen MR) is 68.6 cm³/mol. The molecule has 0 saturated heterocycles. The van der Waals surface area contributed by atoms with Crippen LogP contribution in [0, 0.1) is 0 Å². The summed E-state index contributed by atoms with van der Waals surface area (Å²) in [7, 11) is 0. The monoisotopic (exact) mass is 249 g/mol. The average molecular weight is 249 g/mol. The molecule has 0 aliphatic carbocycles. The van der Waals surface area contributed by atoms with Crippen molar-refractivity contribution in [2.45, 2.75) is 26.4 Å². The summed E-state index contributed by atoms with van der Waals surface area (Å²) in [6, 6.07) is 6.94. The van der Waals surface area contributed by atoms with Crippen molar-refractivity contribution in [3.05, 3.63) is 40.3 Å². The molecular weight excluding hydrogens is 234 g/mol. The summed E-state index contributed by atoms with van der Waals surface area (Å²) in [5.74, 6) is 1.09. The van der Waals surface area contributed by atoms with Gasteiger partial charge in [-0.3, -0.25) is 0 Å². The first-order chi connectivity index (χ1) is 8.16. The molecule has 17 heavy (non-hydrogen) atoms. The van der Waals surface area contributed by atoms with E-state index in [1.54, 1.807) is 29.5 Å². The van der Waals surface area contributed by atoms with Crippen molar-refractivity contribution in [2.75, 3.05) is 0 Å². The van der Waals surface area contributed by atoms with Gasteiger partial charge in [0.15, 0.2) is 11.5 Å². The van der Waals surface area contributed by atoms with Crippen molar-refractivity contribution in [3.63, 3.8) is 0 Å². The fourth-order valence-corrected chi connectivity index (χ4v) is 2.20. The van der Waals surface area contributed by atoms with E-state index in [-0.39, 0.29) is 5.75 Å². The van der Waals surface area contributed by atoms with Crippen LogP contribution in [-0.4, -0.2) is 10.1 Å². The van der Waals surface area contributed by atoms with Crippen molar-refractivity contribution in [3.8, 4) is 11.5 Å². The SMILES string of the molecule is CC(C)c1nc(COc2ccccc2O)cs1. The van der Waals surface area contributed by atoms with Crippen molar-refractivity contribution in [1.29, 1.82) is 0 Å². The number of thiazole rings is 1. The van der Waals surface area contributed by atoms with Gasteiger partial charge >= 0.3 is 0 Å². The first-order valence-corrected chi connectivity index (χ1v) is 6.40. The van der Waals surface area contributed by atoms with Gasteiger partial charge in [0.2, 0.25) is 0 Å². The van der Waals surface area contributed by atoms with Crippen LogP contribution in [0.2, 0.25) is 0 Å². The Balaban J connectivity index is 2.00. The highest BCUT2D eigenvalue weighted by Crippen LogP contribution is 2.26. The third-order valence-corrected chi connectivity index (χ3v) is 3.50. The number of para-hydroxylation sites is 2. The Bertz CT molecular complexity index is 494. The second-order valence-corrected chi connectivity index (χ2v) is 4.98. The van der Waals surface area contributed by atoms with Gasteiger partial charge in [-0.25, -0.2) is 4.98 Å². The number of benzene rings is 1. The normalized spacial score (nSPS) is 10.8. The zero-order valence-electron chi connectivity index (χ0n) is 9.88. The van der Waals surface area contributed by atoms with Gasteiger partial charge in [0.05, 0.1) is 10.7 Å². The van der Waals surface area contributed by atoms with E-state index in [1.807, 2.05) is 11.4 Å². The van der Waals surface area contributed by atoms with E-state index >= 15 is 0 Å². The molecule has 0 aliphatic rings. The van der Waals surface area contributed by atoms with E-state index in [2.05, 4.69) is 18.8 Å². The highest BCUT2D eigenvalue weighted by atomic mass is 32.1. The molecule has 2 aromatic rings. The number of rotatable bonds is 4. The molecule has 0 unspecified atom stereocenters. The Kier molecular flexibility index (Phi) is 3.64. The van der Waals surface area contributed by atoms with Gasteiger partial charge < -0.3 is 9.84 Å². The molecule has 0 bridgehead atoms. The van der Waals surface area contributed by atoms with Crippen molar-refractivity contribution >= 4 is 11.3 Å². The van der Waals surface area contributed by atoms with E-state index in [9.17, 15) is 5.11 Å². The van der Waals surface area contributed by atoms with Gasteiger partial charge in [0.25, 0.3) is 0 Å². The Morgan fingerprint density at radius 1 is 1.35 bits per heavy atom. The van der Waals surface area contributed by atoms with Crippen LogP contribution in [0.5, 0.6) is 11.5 Å². The highest BCUT2D eigenvalue weighted by Gasteiger charge is 2.07. The zero-order valence-corrected chi connectivity index (χ0v) is 10.7. The molecule has 0 aliphatic heterocycles. The number of aromatic nitrogens is 1. The molecule has 4 heteroatoms. The number of nitrogens with zero attached hydrogens (tertiary/aromatic N) is 1. The van der Waals surface area contributed by atoms with E-state index in [1.165, 1.54) is 0 Å². The Hall–Kier alpha value is -1.55. The molecule has 0 atom stereocenters. The topological polar surface area (TPSA) is 42.4 Å². The summed E-state index contributed by atoms with van der Waals surface area (Å²) < 4.78 is 5.51. The molecule has 1 aromatic heterocycles. The molecule has 2 rings (SSSR count). The summed E-state index contributed by atoms with van der Waals surface area (Å²) in [5, 5.41) is 12.6. The molecule has 90 valence electrons. The minimum absolute atomic E-state index is 0.159. The van der Waals surface area contributed by atoms with Gasteiger partial charge in [-0.2, -0.15) is 0 Å². The summed E-state index contributed by atoms with van der Waals surface area (Å²) in [5.41, 5.74) is 0.905. The molecule has 1 heterocycles. The molecule has 0 amide bonds. The minimum Gasteiger partial charge on any atom is -0.504 e. The van der Waals surface area contributed by atoms with Gasteiger partial charge in [-0.1, -0.05) is 26.0 Å². The van der Waals surface area contributed by atoms with Gasteiger partial charge in [0, 0.05) is 11.3 Å². The number of ether oxygens (including phenoxy) is 1. The maximum absolute atomic E-state index is 9.54. The number of hydrogen-bond acceptors (Lipinski definition) is 4.